The summed E-state index contributed by atoms with van der Waals surface area (Å²) in [6.45, 7) is 3.33. The van der Waals surface area contributed by atoms with E-state index < -0.39 is 0 Å². The van der Waals surface area contributed by atoms with Gasteiger partial charge in [0.15, 0.2) is 0 Å². The number of ether oxygens (including phenoxy) is 1. The molecule has 170 valence electrons. The summed E-state index contributed by atoms with van der Waals surface area (Å²) >= 11 is 0. The van der Waals surface area contributed by atoms with Crippen molar-refractivity contribution in [1.29, 1.82) is 0 Å². The minimum absolute atomic E-state index is 0.141. The molecule has 0 saturated carbocycles. The fraction of sp³-hybridized carbons (Fsp3) is 0.280. The molecule has 1 saturated heterocycles. The number of aromatic nitrogens is 3. The first-order chi connectivity index (χ1) is 15.9. The molecule has 0 spiro atoms. The number of anilines is 1. The molecule has 6 nitrogen and oxygen atoms in total. The maximum atomic E-state index is 14.4. The van der Waals surface area contributed by atoms with Gasteiger partial charge < -0.3 is 20.4 Å². The van der Waals surface area contributed by atoms with Gasteiger partial charge in [-0.05, 0) is 61.2 Å². The number of aryl methyl sites for hydroxylation is 1. The number of benzene rings is 2. The highest BCUT2D eigenvalue weighted by Gasteiger charge is 2.28. The van der Waals surface area contributed by atoms with Crippen molar-refractivity contribution in [2.24, 2.45) is 5.73 Å². The lowest BCUT2D eigenvalue weighted by molar-refractivity contribution is 0.399. The molecule has 0 bridgehead atoms. The molecule has 0 amide bonds. The van der Waals surface area contributed by atoms with Crippen LogP contribution in [0.2, 0.25) is 0 Å². The van der Waals surface area contributed by atoms with Crippen molar-refractivity contribution in [3.05, 3.63) is 59.8 Å². The molecule has 1 fully saturated rings. The molecule has 2 aromatic carbocycles. The van der Waals surface area contributed by atoms with E-state index in [1.54, 1.807) is 19.4 Å². The Kier molecular flexibility index (Phi) is 5.46. The van der Waals surface area contributed by atoms with Crippen LogP contribution in [0.25, 0.3) is 33.5 Å². The molecular formula is C25H25F2N5O. The molecule has 8 heteroatoms. The minimum atomic E-state index is -0.350. The van der Waals surface area contributed by atoms with Gasteiger partial charge >= 0.3 is 0 Å². The number of nitrogens with two attached hydrogens (primary N) is 1. The largest absolute Gasteiger partial charge is 0.480 e. The van der Waals surface area contributed by atoms with Crippen LogP contribution < -0.4 is 15.4 Å². The number of fused-ring (bicyclic) bond motifs is 1. The van der Waals surface area contributed by atoms with Crippen LogP contribution in [0.3, 0.4) is 0 Å². The zero-order chi connectivity index (χ0) is 23.1. The highest BCUT2D eigenvalue weighted by Crippen LogP contribution is 2.44. The lowest BCUT2D eigenvalue weighted by Crippen LogP contribution is -2.40. The highest BCUT2D eigenvalue weighted by atomic mass is 19.1. The molecule has 1 aliphatic rings. The standard InChI is InChI=1S/C25H25F2N5O/c1-14-9-15(11-17(27)10-14)19-13-29-25(33-2)22(23(19)32-7-5-18(28)6-8-32)24-30-20-4-3-16(26)12-21(20)31-24/h3-4,9-13,18H,5-8,28H2,1-2H3,(H,30,31). The van der Waals surface area contributed by atoms with Crippen molar-refractivity contribution in [3.8, 4) is 28.4 Å². The summed E-state index contributed by atoms with van der Waals surface area (Å²) in [4.78, 5) is 14.7. The topological polar surface area (TPSA) is 80.1 Å². The van der Waals surface area contributed by atoms with Gasteiger partial charge in [-0.15, -0.1) is 0 Å². The average Bonchev–Trinajstić information content (AvgIpc) is 3.20. The van der Waals surface area contributed by atoms with E-state index in [0.717, 1.165) is 48.3 Å². The summed E-state index contributed by atoms with van der Waals surface area (Å²) in [5.41, 5.74) is 11.2. The first-order valence-electron chi connectivity index (χ1n) is 10.9. The second kappa shape index (κ2) is 8.44. The zero-order valence-electron chi connectivity index (χ0n) is 18.5. The molecule has 1 aliphatic heterocycles. The predicted octanol–water partition coefficient (Wildman–Crippen LogP) is 4.81. The summed E-state index contributed by atoms with van der Waals surface area (Å²) < 4.78 is 33.8. The summed E-state index contributed by atoms with van der Waals surface area (Å²) in [5, 5.41) is 0. The number of imidazole rings is 1. The number of H-pyrrole nitrogens is 1. The van der Waals surface area contributed by atoms with Gasteiger partial charge in [0.25, 0.3) is 0 Å². The van der Waals surface area contributed by atoms with Crippen LogP contribution >= 0.6 is 0 Å². The van der Waals surface area contributed by atoms with E-state index in [1.807, 2.05) is 13.0 Å². The maximum Gasteiger partial charge on any atom is 0.226 e. The van der Waals surface area contributed by atoms with Gasteiger partial charge in [0.05, 0.1) is 23.8 Å². The van der Waals surface area contributed by atoms with Gasteiger partial charge in [0.1, 0.15) is 23.0 Å². The molecule has 0 unspecified atom stereocenters. The molecule has 2 aromatic heterocycles. The van der Waals surface area contributed by atoms with Crippen molar-refractivity contribution in [1.82, 2.24) is 15.0 Å². The maximum absolute atomic E-state index is 14.4. The van der Waals surface area contributed by atoms with Crippen LogP contribution in [-0.2, 0) is 0 Å². The number of nitrogens with one attached hydrogen (secondary N) is 1. The molecular weight excluding hydrogens is 424 g/mol. The van der Waals surface area contributed by atoms with Crippen LogP contribution in [0.5, 0.6) is 5.88 Å². The Morgan fingerprint density at radius 1 is 1.09 bits per heavy atom. The molecule has 4 aromatic rings. The number of methoxy groups -OCH3 is 1. The SMILES string of the molecule is COc1ncc(-c2cc(C)cc(F)c2)c(N2CCC(N)CC2)c1-c1nc2ccc(F)cc2[nH]1. The molecule has 33 heavy (non-hydrogen) atoms. The normalized spacial score (nSPS) is 14.8. The number of piperidine rings is 1. The second-order valence-corrected chi connectivity index (χ2v) is 8.49. The molecule has 3 N–H and O–H groups in total. The fourth-order valence-electron chi connectivity index (χ4n) is 4.51. The number of halogens is 2. The Balaban J connectivity index is 1.78. The van der Waals surface area contributed by atoms with E-state index in [2.05, 4.69) is 14.9 Å². The van der Waals surface area contributed by atoms with Gasteiger partial charge in [-0.25, -0.2) is 18.7 Å². The van der Waals surface area contributed by atoms with Gasteiger partial charge in [-0.3, -0.25) is 0 Å². The number of pyridine rings is 1. The van der Waals surface area contributed by atoms with Crippen molar-refractivity contribution in [2.75, 3.05) is 25.1 Å². The van der Waals surface area contributed by atoms with E-state index >= 15 is 0 Å². The van der Waals surface area contributed by atoms with E-state index in [9.17, 15) is 8.78 Å². The van der Waals surface area contributed by atoms with Crippen molar-refractivity contribution in [3.63, 3.8) is 0 Å². The van der Waals surface area contributed by atoms with E-state index in [4.69, 9.17) is 15.5 Å². The smallest absolute Gasteiger partial charge is 0.226 e. The number of nitrogens with zero attached hydrogens (tertiary/aromatic N) is 3. The highest BCUT2D eigenvalue weighted by molar-refractivity contribution is 5.93. The summed E-state index contributed by atoms with van der Waals surface area (Å²) in [7, 11) is 1.55. The fourth-order valence-corrected chi connectivity index (χ4v) is 4.51. The van der Waals surface area contributed by atoms with E-state index in [0.29, 0.717) is 28.3 Å². The van der Waals surface area contributed by atoms with Crippen LogP contribution in [0.4, 0.5) is 14.5 Å². The minimum Gasteiger partial charge on any atom is -0.480 e. The molecule has 0 radical (unpaired) electrons. The van der Waals surface area contributed by atoms with Crippen LogP contribution in [0.15, 0.2) is 42.6 Å². The summed E-state index contributed by atoms with van der Waals surface area (Å²) in [5.74, 6) is 0.237. The van der Waals surface area contributed by atoms with Gasteiger partial charge in [0, 0.05) is 30.9 Å². The Morgan fingerprint density at radius 2 is 1.88 bits per heavy atom. The van der Waals surface area contributed by atoms with E-state index in [1.165, 1.54) is 24.3 Å². The number of hydrogen-bond acceptors (Lipinski definition) is 5. The third-order valence-electron chi connectivity index (χ3n) is 6.10. The van der Waals surface area contributed by atoms with Gasteiger partial charge in [-0.2, -0.15) is 0 Å². The average molecular weight is 450 g/mol. The molecule has 3 heterocycles. The lowest BCUT2D eigenvalue weighted by Gasteiger charge is -2.34. The third-order valence-corrected chi connectivity index (χ3v) is 6.10. The quantitative estimate of drug-likeness (QED) is 0.467. The number of hydrogen-bond donors (Lipinski definition) is 2. The number of rotatable bonds is 4. The van der Waals surface area contributed by atoms with E-state index in [-0.39, 0.29) is 17.7 Å². The van der Waals surface area contributed by atoms with Crippen LogP contribution in [-0.4, -0.2) is 41.2 Å². The van der Waals surface area contributed by atoms with Crippen molar-refractivity contribution in [2.45, 2.75) is 25.8 Å². The third kappa shape index (κ3) is 4.02. The molecule has 0 atom stereocenters. The Bertz CT molecular complexity index is 1310. The Labute approximate surface area is 190 Å². The van der Waals surface area contributed by atoms with Crippen LogP contribution in [0, 0.1) is 18.6 Å². The number of aromatic amines is 1. The first-order valence-corrected chi connectivity index (χ1v) is 10.9. The monoisotopic (exact) mass is 449 g/mol. The van der Waals surface area contributed by atoms with Crippen LogP contribution in [0.1, 0.15) is 18.4 Å². The predicted molar refractivity (Wildman–Crippen MR) is 125 cm³/mol. The zero-order valence-corrected chi connectivity index (χ0v) is 18.5. The van der Waals surface area contributed by atoms with Gasteiger partial charge in [-0.1, -0.05) is 6.07 Å². The summed E-state index contributed by atoms with van der Waals surface area (Å²) in [6, 6.07) is 9.49. The first kappa shape index (κ1) is 21.3. The molecule has 0 aliphatic carbocycles. The Morgan fingerprint density at radius 3 is 2.61 bits per heavy atom. The van der Waals surface area contributed by atoms with Crippen molar-refractivity contribution >= 4 is 16.7 Å². The van der Waals surface area contributed by atoms with Gasteiger partial charge in [0.2, 0.25) is 5.88 Å². The lowest BCUT2D eigenvalue weighted by atomic mass is 9.97. The second-order valence-electron chi connectivity index (χ2n) is 8.49. The molecule has 5 rings (SSSR count). The Hall–Kier alpha value is -3.52. The summed E-state index contributed by atoms with van der Waals surface area (Å²) in [6.07, 6.45) is 3.37. The van der Waals surface area contributed by atoms with Crippen molar-refractivity contribution < 1.29 is 13.5 Å².